The number of benzene rings is 2. The molecule has 4 heteroatoms. The van der Waals surface area contributed by atoms with Gasteiger partial charge in [0.2, 0.25) is 0 Å². The van der Waals surface area contributed by atoms with E-state index in [-0.39, 0.29) is 0 Å². The second-order valence-electron chi connectivity index (χ2n) is 3.63. The van der Waals surface area contributed by atoms with Crippen molar-refractivity contribution >= 4 is 10.8 Å². The summed E-state index contributed by atoms with van der Waals surface area (Å²) in [6, 6.07) is 13.7. The second kappa shape index (κ2) is 3.72. The van der Waals surface area contributed by atoms with E-state index < -0.39 is 0 Å². The van der Waals surface area contributed by atoms with E-state index >= 15 is 0 Å². The fourth-order valence-electron chi connectivity index (χ4n) is 1.91. The molecule has 0 spiro atoms. The van der Waals surface area contributed by atoms with Crippen molar-refractivity contribution in [3.05, 3.63) is 54.6 Å². The number of hydrogen-bond donors (Lipinski definition) is 0. The molecule has 0 fully saturated rings. The number of hydrogen-bond acceptors (Lipinski definition) is 3. The Bertz CT molecular complexity index is 708. The molecule has 0 aliphatic rings. The predicted octanol–water partition coefficient (Wildman–Crippen LogP) is 2.29. The Morgan fingerprint density at radius 2 is 1.88 bits per heavy atom. The van der Waals surface area contributed by atoms with Crippen LogP contribution in [0, 0.1) is 11.3 Å². The van der Waals surface area contributed by atoms with Gasteiger partial charge in [0.15, 0.2) is 0 Å². The first-order chi connectivity index (χ1) is 8.40. The Balaban J connectivity index is 2.40. The molecule has 0 saturated heterocycles. The molecule has 0 saturated carbocycles. The van der Waals surface area contributed by atoms with Gasteiger partial charge in [0, 0.05) is 10.8 Å². The maximum Gasteiger partial charge on any atom is 0.138 e. The Labute approximate surface area is 97.8 Å². The molecule has 0 aliphatic heterocycles. The highest BCUT2D eigenvalue weighted by atomic mass is 15.3. The summed E-state index contributed by atoms with van der Waals surface area (Å²) >= 11 is 0. The van der Waals surface area contributed by atoms with Crippen LogP contribution < -0.4 is 0 Å². The van der Waals surface area contributed by atoms with Crippen LogP contribution in [0.4, 0.5) is 0 Å². The first kappa shape index (κ1) is 9.55. The fraction of sp³-hybridized carbons (Fsp3) is 0. The van der Waals surface area contributed by atoms with Crippen molar-refractivity contribution in [2.75, 3.05) is 0 Å². The van der Waals surface area contributed by atoms with Gasteiger partial charge >= 0.3 is 0 Å². The molecule has 0 radical (unpaired) electrons. The third-order valence-electron chi connectivity index (χ3n) is 2.69. The van der Waals surface area contributed by atoms with Crippen LogP contribution in [-0.4, -0.2) is 14.8 Å². The van der Waals surface area contributed by atoms with Gasteiger partial charge in [-0.1, -0.05) is 24.3 Å². The van der Waals surface area contributed by atoms with Gasteiger partial charge in [0.25, 0.3) is 0 Å². The number of nitrogens with zero attached hydrogens (tertiary/aromatic N) is 4. The Hall–Kier alpha value is -2.67. The summed E-state index contributed by atoms with van der Waals surface area (Å²) in [7, 11) is 0. The lowest BCUT2D eigenvalue weighted by molar-refractivity contribution is 0.886. The maximum atomic E-state index is 9.07. The Kier molecular flexibility index (Phi) is 2.09. The van der Waals surface area contributed by atoms with Crippen molar-refractivity contribution in [3.63, 3.8) is 0 Å². The van der Waals surface area contributed by atoms with E-state index in [1.54, 1.807) is 17.1 Å². The lowest BCUT2D eigenvalue weighted by Crippen LogP contribution is -1.96. The molecule has 3 aromatic rings. The molecular formula is C13H8N4. The van der Waals surface area contributed by atoms with E-state index in [9.17, 15) is 0 Å². The van der Waals surface area contributed by atoms with Gasteiger partial charge in [0.1, 0.15) is 12.7 Å². The van der Waals surface area contributed by atoms with Crippen molar-refractivity contribution < 1.29 is 0 Å². The number of nitriles is 1. The fourth-order valence-corrected chi connectivity index (χ4v) is 1.91. The lowest BCUT2D eigenvalue weighted by atomic mass is 10.0. The number of aromatic nitrogens is 3. The van der Waals surface area contributed by atoms with Crippen molar-refractivity contribution in [2.24, 2.45) is 0 Å². The van der Waals surface area contributed by atoms with Crippen molar-refractivity contribution in [1.82, 2.24) is 14.8 Å². The summed E-state index contributed by atoms with van der Waals surface area (Å²) in [5.74, 6) is 0. The largest absolute Gasteiger partial charge is 0.223 e. The van der Waals surface area contributed by atoms with Crippen LogP contribution >= 0.6 is 0 Å². The van der Waals surface area contributed by atoms with Gasteiger partial charge in [-0.3, -0.25) is 0 Å². The zero-order valence-electron chi connectivity index (χ0n) is 8.91. The van der Waals surface area contributed by atoms with Crippen molar-refractivity contribution in [1.29, 1.82) is 5.26 Å². The summed E-state index contributed by atoms with van der Waals surface area (Å²) < 4.78 is 1.70. The average molecular weight is 220 g/mol. The van der Waals surface area contributed by atoms with Gasteiger partial charge in [-0.25, -0.2) is 9.67 Å². The van der Waals surface area contributed by atoms with Crippen molar-refractivity contribution in [2.45, 2.75) is 0 Å². The Morgan fingerprint density at radius 3 is 2.59 bits per heavy atom. The van der Waals surface area contributed by atoms with Crippen LogP contribution in [0.15, 0.2) is 49.1 Å². The first-order valence-corrected chi connectivity index (χ1v) is 5.17. The van der Waals surface area contributed by atoms with E-state index in [1.165, 1.54) is 6.33 Å². The summed E-state index contributed by atoms with van der Waals surface area (Å²) in [5.41, 5.74) is 1.60. The predicted molar refractivity (Wildman–Crippen MR) is 63.6 cm³/mol. The standard InChI is InChI=1S/C13H8N4/c14-7-10-5-6-13(17-9-15-8-16-17)12-4-2-1-3-11(10)12/h1-6,8-9H. The minimum absolute atomic E-state index is 0.671. The first-order valence-electron chi connectivity index (χ1n) is 5.17. The van der Waals surface area contributed by atoms with E-state index in [0.717, 1.165) is 16.5 Å². The van der Waals surface area contributed by atoms with Crippen molar-refractivity contribution in [3.8, 4) is 11.8 Å². The SMILES string of the molecule is N#Cc1ccc(-n2cncn2)c2ccccc12. The third kappa shape index (κ3) is 1.45. The molecule has 2 aromatic carbocycles. The molecule has 0 bridgehead atoms. The molecule has 0 amide bonds. The molecule has 0 N–H and O–H groups in total. The molecule has 4 nitrogen and oxygen atoms in total. The molecule has 1 aromatic heterocycles. The highest BCUT2D eigenvalue weighted by Gasteiger charge is 2.06. The zero-order chi connectivity index (χ0) is 11.7. The van der Waals surface area contributed by atoms with Crippen LogP contribution in [0.2, 0.25) is 0 Å². The summed E-state index contributed by atoms with van der Waals surface area (Å²) in [6.45, 7) is 0. The van der Waals surface area contributed by atoms with Crippen LogP contribution in [0.3, 0.4) is 0 Å². The van der Waals surface area contributed by atoms with Gasteiger partial charge in [-0.2, -0.15) is 10.4 Å². The molecule has 0 aliphatic carbocycles. The summed E-state index contributed by atoms with van der Waals surface area (Å²) in [4.78, 5) is 3.93. The van der Waals surface area contributed by atoms with Gasteiger partial charge in [0.05, 0.1) is 17.3 Å². The molecule has 80 valence electrons. The van der Waals surface area contributed by atoms with Crippen LogP contribution in [0.1, 0.15) is 5.56 Å². The molecule has 17 heavy (non-hydrogen) atoms. The minimum atomic E-state index is 0.671. The smallest absolute Gasteiger partial charge is 0.138 e. The van der Waals surface area contributed by atoms with Gasteiger partial charge < -0.3 is 0 Å². The quantitative estimate of drug-likeness (QED) is 0.632. The van der Waals surface area contributed by atoms with Crippen LogP contribution in [0.25, 0.3) is 16.5 Å². The number of rotatable bonds is 1. The van der Waals surface area contributed by atoms with Gasteiger partial charge in [-0.05, 0) is 12.1 Å². The third-order valence-corrected chi connectivity index (χ3v) is 2.69. The van der Waals surface area contributed by atoms with E-state index in [0.29, 0.717) is 5.56 Å². The summed E-state index contributed by atoms with van der Waals surface area (Å²) in [6.07, 6.45) is 3.14. The lowest BCUT2D eigenvalue weighted by Gasteiger charge is -2.06. The maximum absolute atomic E-state index is 9.07. The zero-order valence-corrected chi connectivity index (χ0v) is 8.91. The number of fused-ring (bicyclic) bond motifs is 1. The highest BCUT2D eigenvalue weighted by molar-refractivity contribution is 5.94. The van der Waals surface area contributed by atoms with E-state index in [4.69, 9.17) is 5.26 Å². The second-order valence-corrected chi connectivity index (χ2v) is 3.63. The van der Waals surface area contributed by atoms with E-state index in [1.807, 2.05) is 30.3 Å². The molecule has 1 heterocycles. The molecular weight excluding hydrogens is 212 g/mol. The Morgan fingerprint density at radius 1 is 1.06 bits per heavy atom. The molecule has 3 rings (SSSR count). The van der Waals surface area contributed by atoms with Gasteiger partial charge in [-0.15, -0.1) is 0 Å². The average Bonchev–Trinajstić information content (AvgIpc) is 2.91. The molecule has 0 unspecified atom stereocenters. The van der Waals surface area contributed by atoms with Crippen LogP contribution in [0.5, 0.6) is 0 Å². The highest BCUT2D eigenvalue weighted by Crippen LogP contribution is 2.24. The molecule has 0 atom stereocenters. The van der Waals surface area contributed by atoms with E-state index in [2.05, 4.69) is 16.2 Å². The summed E-state index contributed by atoms with van der Waals surface area (Å²) in [5, 5.41) is 15.1. The van der Waals surface area contributed by atoms with Crippen LogP contribution in [-0.2, 0) is 0 Å². The monoisotopic (exact) mass is 220 g/mol. The normalized spacial score (nSPS) is 10.3. The minimum Gasteiger partial charge on any atom is -0.223 e. The topological polar surface area (TPSA) is 54.5 Å².